The molecule has 0 bridgehead atoms. The van der Waals surface area contributed by atoms with E-state index in [-0.39, 0.29) is 5.91 Å². The van der Waals surface area contributed by atoms with E-state index in [0.717, 1.165) is 17.7 Å². The summed E-state index contributed by atoms with van der Waals surface area (Å²) in [4.78, 5) is 11.7. The summed E-state index contributed by atoms with van der Waals surface area (Å²) in [6.45, 7) is 1.21. The fraction of sp³-hybridized carbons (Fsp3) is 0.312. The summed E-state index contributed by atoms with van der Waals surface area (Å²) in [5, 5.41) is 2.91. The highest BCUT2D eigenvalue weighted by Gasteiger charge is 2.04. The van der Waals surface area contributed by atoms with Gasteiger partial charge in [0.1, 0.15) is 5.76 Å². The number of carbonyl (C=O) groups excluding carboxylic acids is 1. The average Bonchev–Trinajstić information content (AvgIpc) is 2.98. The molecule has 4 nitrogen and oxygen atoms in total. The van der Waals surface area contributed by atoms with Crippen molar-refractivity contribution in [3.63, 3.8) is 0 Å². The van der Waals surface area contributed by atoms with E-state index in [4.69, 9.17) is 10.2 Å². The zero-order valence-corrected chi connectivity index (χ0v) is 11.5. The summed E-state index contributed by atoms with van der Waals surface area (Å²) in [7, 11) is 0. The third-order valence-electron chi connectivity index (χ3n) is 3.12. The Kier molecular flexibility index (Phi) is 5.38. The molecule has 0 saturated heterocycles. The lowest BCUT2D eigenvalue weighted by Crippen LogP contribution is -2.22. The van der Waals surface area contributed by atoms with Crippen LogP contribution in [0.3, 0.4) is 0 Å². The van der Waals surface area contributed by atoms with Crippen molar-refractivity contribution in [3.05, 3.63) is 59.5 Å². The van der Waals surface area contributed by atoms with Crippen molar-refractivity contribution in [2.24, 2.45) is 5.73 Å². The number of hydrogen-bond donors (Lipinski definition) is 2. The fourth-order valence-corrected chi connectivity index (χ4v) is 1.97. The molecule has 0 saturated carbocycles. The maximum absolute atomic E-state index is 11.7. The van der Waals surface area contributed by atoms with Gasteiger partial charge in [-0.1, -0.05) is 24.3 Å². The molecule has 0 aliphatic carbocycles. The summed E-state index contributed by atoms with van der Waals surface area (Å²) in [5.74, 6) is 0.874. The number of benzene rings is 1. The van der Waals surface area contributed by atoms with Gasteiger partial charge in [-0.25, -0.2) is 0 Å². The molecule has 4 heteroatoms. The van der Waals surface area contributed by atoms with Gasteiger partial charge in [0, 0.05) is 19.4 Å². The molecule has 0 aliphatic rings. The summed E-state index contributed by atoms with van der Waals surface area (Å²) >= 11 is 0. The highest BCUT2D eigenvalue weighted by molar-refractivity contribution is 5.76. The highest BCUT2D eigenvalue weighted by atomic mass is 16.3. The topological polar surface area (TPSA) is 68.3 Å². The lowest BCUT2D eigenvalue weighted by atomic mass is 10.1. The minimum Gasteiger partial charge on any atom is -0.469 e. The predicted molar refractivity (Wildman–Crippen MR) is 78.1 cm³/mol. The van der Waals surface area contributed by atoms with E-state index in [9.17, 15) is 4.79 Å². The third-order valence-corrected chi connectivity index (χ3v) is 3.12. The van der Waals surface area contributed by atoms with Crippen molar-refractivity contribution >= 4 is 5.91 Å². The van der Waals surface area contributed by atoms with Gasteiger partial charge in [0.05, 0.1) is 6.26 Å². The van der Waals surface area contributed by atoms with Crippen LogP contribution in [0.5, 0.6) is 0 Å². The molecule has 0 atom stereocenters. The molecule has 106 valence electrons. The van der Waals surface area contributed by atoms with Gasteiger partial charge >= 0.3 is 0 Å². The van der Waals surface area contributed by atoms with E-state index in [0.29, 0.717) is 25.9 Å². The monoisotopic (exact) mass is 272 g/mol. The zero-order chi connectivity index (χ0) is 14.2. The molecule has 1 aromatic carbocycles. The van der Waals surface area contributed by atoms with Crippen LogP contribution >= 0.6 is 0 Å². The molecule has 1 amide bonds. The highest BCUT2D eigenvalue weighted by Crippen LogP contribution is 2.06. The second kappa shape index (κ2) is 7.50. The van der Waals surface area contributed by atoms with Crippen LogP contribution in [0.15, 0.2) is 47.1 Å². The number of aryl methyl sites for hydroxylation is 1. The van der Waals surface area contributed by atoms with Crippen molar-refractivity contribution in [2.45, 2.75) is 25.8 Å². The smallest absolute Gasteiger partial charge is 0.220 e. The Hall–Kier alpha value is -2.07. The maximum atomic E-state index is 11.7. The number of furan rings is 1. The standard InChI is InChI=1S/C16H20N2O2/c17-10-9-13-3-5-14(6-4-13)12-18-16(19)8-7-15-2-1-11-20-15/h1-6,11H,7-10,12,17H2,(H,18,19). The van der Waals surface area contributed by atoms with E-state index in [1.54, 1.807) is 6.26 Å². The molecule has 2 rings (SSSR count). The van der Waals surface area contributed by atoms with Crippen LogP contribution in [0.1, 0.15) is 23.3 Å². The lowest BCUT2D eigenvalue weighted by molar-refractivity contribution is -0.121. The van der Waals surface area contributed by atoms with Gasteiger partial charge in [-0.2, -0.15) is 0 Å². The number of hydrogen-bond acceptors (Lipinski definition) is 3. The van der Waals surface area contributed by atoms with Crippen LogP contribution in [0.2, 0.25) is 0 Å². The van der Waals surface area contributed by atoms with Crippen LogP contribution < -0.4 is 11.1 Å². The summed E-state index contributed by atoms with van der Waals surface area (Å²) in [6, 6.07) is 11.9. The Morgan fingerprint density at radius 2 is 1.85 bits per heavy atom. The number of amides is 1. The number of carbonyl (C=O) groups is 1. The number of nitrogens with two attached hydrogens (primary N) is 1. The van der Waals surface area contributed by atoms with Gasteiger partial charge in [0.2, 0.25) is 5.91 Å². The van der Waals surface area contributed by atoms with Crippen LogP contribution in [0.25, 0.3) is 0 Å². The third kappa shape index (κ3) is 4.55. The van der Waals surface area contributed by atoms with E-state index in [2.05, 4.69) is 17.4 Å². The van der Waals surface area contributed by atoms with Crippen LogP contribution in [-0.4, -0.2) is 12.5 Å². The van der Waals surface area contributed by atoms with Crippen molar-refractivity contribution in [1.82, 2.24) is 5.32 Å². The first kappa shape index (κ1) is 14.3. The Morgan fingerprint density at radius 3 is 2.50 bits per heavy atom. The second-order valence-electron chi connectivity index (χ2n) is 4.71. The number of rotatable bonds is 7. The molecular formula is C16H20N2O2. The van der Waals surface area contributed by atoms with Crippen molar-refractivity contribution in [1.29, 1.82) is 0 Å². The van der Waals surface area contributed by atoms with E-state index >= 15 is 0 Å². The second-order valence-corrected chi connectivity index (χ2v) is 4.71. The Balaban J connectivity index is 1.72. The Morgan fingerprint density at radius 1 is 1.10 bits per heavy atom. The maximum Gasteiger partial charge on any atom is 0.220 e. The largest absolute Gasteiger partial charge is 0.469 e. The molecule has 0 spiro atoms. The molecule has 0 aliphatic heterocycles. The first-order valence-corrected chi connectivity index (χ1v) is 6.85. The summed E-state index contributed by atoms with van der Waals surface area (Å²) in [6.07, 6.45) is 3.58. The molecular weight excluding hydrogens is 252 g/mol. The molecule has 0 radical (unpaired) electrons. The molecule has 1 heterocycles. The molecule has 0 unspecified atom stereocenters. The first-order chi connectivity index (χ1) is 9.78. The molecule has 20 heavy (non-hydrogen) atoms. The molecule has 2 aromatic rings. The van der Waals surface area contributed by atoms with Crippen LogP contribution in [0, 0.1) is 0 Å². The van der Waals surface area contributed by atoms with Gasteiger partial charge in [0.25, 0.3) is 0 Å². The lowest BCUT2D eigenvalue weighted by Gasteiger charge is -2.06. The predicted octanol–water partition coefficient (Wildman–Crippen LogP) is 2.03. The quantitative estimate of drug-likeness (QED) is 0.810. The number of nitrogens with one attached hydrogen (secondary N) is 1. The first-order valence-electron chi connectivity index (χ1n) is 6.85. The zero-order valence-electron chi connectivity index (χ0n) is 11.5. The minimum absolute atomic E-state index is 0.0347. The Labute approximate surface area is 119 Å². The van der Waals surface area contributed by atoms with E-state index < -0.39 is 0 Å². The Bertz CT molecular complexity index is 518. The summed E-state index contributed by atoms with van der Waals surface area (Å²) < 4.78 is 5.19. The van der Waals surface area contributed by atoms with E-state index in [1.807, 2.05) is 24.3 Å². The summed E-state index contributed by atoms with van der Waals surface area (Å²) in [5.41, 5.74) is 7.82. The average molecular weight is 272 g/mol. The van der Waals surface area contributed by atoms with Crippen molar-refractivity contribution in [3.8, 4) is 0 Å². The van der Waals surface area contributed by atoms with Gasteiger partial charge in [-0.05, 0) is 36.2 Å². The SMILES string of the molecule is NCCc1ccc(CNC(=O)CCc2ccco2)cc1. The fourth-order valence-electron chi connectivity index (χ4n) is 1.97. The normalized spacial score (nSPS) is 10.4. The van der Waals surface area contributed by atoms with Gasteiger partial charge < -0.3 is 15.5 Å². The van der Waals surface area contributed by atoms with Gasteiger partial charge in [-0.15, -0.1) is 0 Å². The van der Waals surface area contributed by atoms with Gasteiger partial charge in [0.15, 0.2) is 0 Å². The molecule has 0 fully saturated rings. The van der Waals surface area contributed by atoms with Crippen LogP contribution in [0.4, 0.5) is 0 Å². The molecule has 3 N–H and O–H groups in total. The van der Waals surface area contributed by atoms with E-state index in [1.165, 1.54) is 5.56 Å². The van der Waals surface area contributed by atoms with Crippen LogP contribution in [-0.2, 0) is 24.2 Å². The van der Waals surface area contributed by atoms with Crippen molar-refractivity contribution in [2.75, 3.05) is 6.54 Å². The van der Waals surface area contributed by atoms with Gasteiger partial charge in [-0.3, -0.25) is 4.79 Å². The minimum atomic E-state index is 0.0347. The molecule has 1 aromatic heterocycles. The van der Waals surface area contributed by atoms with Crippen molar-refractivity contribution < 1.29 is 9.21 Å².